The van der Waals surface area contributed by atoms with E-state index in [1.807, 2.05) is 0 Å². The van der Waals surface area contributed by atoms with Crippen LogP contribution in [0.1, 0.15) is 78.0 Å². The zero-order chi connectivity index (χ0) is 30.2. The number of aromatic hydroxyl groups is 5. The van der Waals surface area contributed by atoms with Crippen molar-refractivity contribution in [3.8, 4) is 39.9 Å². The average molecular weight is 565 g/mol. The molecule has 3 aromatic rings. The molecule has 0 saturated carbocycles. The SMILES string of the molecule is CO[C@H]1c2c(O)c3c(c(O)c2-c2c(cc(C)c(C(=O)N[C@@H](C)C(=O)O)c2O)[C@@H]1O)C(=O)c1cc(O)cc(O)c1C3=O. The molecule has 0 aromatic heterocycles. The molecule has 41 heavy (non-hydrogen) atoms. The highest BCUT2D eigenvalue weighted by molar-refractivity contribution is 6.32. The molecule has 212 valence electrons. The van der Waals surface area contributed by atoms with E-state index in [1.165, 1.54) is 19.9 Å². The first kappa shape index (κ1) is 27.4. The van der Waals surface area contributed by atoms with Gasteiger partial charge in [-0.05, 0) is 31.0 Å². The number of methoxy groups -OCH3 is 1. The van der Waals surface area contributed by atoms with E-state index in [1.54, 1.807) is 0 Å². The van der Waals surface area contributed by atoms with Crippen LogP contribution >= 0.6 is 0 Å². The first-order valence-corrected chi connectivity index (χ1v) is 12.1. The van der Waals surface area contributed by atoms with Gasteiger partial charge in [0.2, 0.25) is 5.78 Å². The normalized spacial score (nSPS) is 17.7. The van der Waals surface area contributed by atoms with Crippen molar-refractivity contribution in [2.24, 2.45) is 0 Å². The van der Waals surface area contributed by atoms with Gasteiger partial charge in [0.1, 0.15) is 47.0 Å². The van der Waals surface area contributed by atoms with Gasteiger partial charge in [-0.2, -0.15) is 0 Å². The summed E-state index contributed by atoms with van der Waals surface area (Å²) in [4.78, 5) is 51.3. The van der Waals surface area contributed by atoms with E-state index < -0.39 is 109 Å². The number of ether oxygens (including phenoxy) is 1. The Morgan fingerprint density at radius 2 is 1.51 bits per heavy atom. The van der Waals surface area contributed by atoms with Crippen molar-refractivity contribution < 1.29 is 59.7 Å². The molecule has 13 nitrogen and oxygen atoms in total. The van der Waals surface area contributed by atoms with E-state index in [4.69, 9.17) is 4.74 Å². The molecule has 0 bridgehead atoms. The Bertz CT molecular complexity index is 1740. The van der Waals surface area contributed by atoms with Gasteiger partial charge in [0.25, 0.3) is 5.91 Å². The lowest BCUT2D eigenvalue weighted by Crippen LogP contribution is -2.38. The van der Waals surface area contributed by atoms with Gasteiger partial charge in [0.05, 0.1) is 22.3 Å². The van der Waals surface area contributed by atoms with Crippen LogP contribution in [0.4, 0.5) is 0 Å². The molecule has 0 spiro atoms. The minimum Gasteiger partial charge on any atom is -0.508 e. The number of fused-ring (bicyclic) bond motifs is 5. The van der Waals surface area contributed by atoms with Gasteiger partial charge < -0.3 is 45.8 Å². The van der Waals surface area contributed by atoms with Crippen LogP contribution in [0.15, 0.2) is 18.2 Å². The number of nitrogens with one attached hydrogen (secondary N) is 1. The maximum atomic E-state index is 13.5. The van der Waals surface area contributed by atoms with Gasteiger partial charge >= 0.3 is 5.97 Å². The summed E-state index contributed by atoms with van der Waals surface area (Å²) in [7, 11) is 1.16. The maximum absolute atomic E-state index is 13.5. The van der Waals surface area contributed by atoms with Gasteiger partial charge in [0, 0.05) is 35.4 Å². The Balaban J connectivity index is 1.86. The van der Waals surface area contributed by atoms with E-state index in [9.17, 15) is 54.9 Å². The number of carbonyl (C=O) groups excluding carboxylic acids is 3. The van der Waals surface area contributed by atoms with E-state index in [0.717, 1.165) is 19.2 Å². The van der Waals surface area contributed by atoms with Gasteiger partial charge in [-0.15, -0.1) is 0 Å². The fourth-order valence-electron chi connectivity index (χ4n) is 5.51. The summed E-state index contributed by atoms with van der Waals surface area (Å²) in [6, 6.07) is 1.66. The summed E-state index contributed by atoms with van der Waals surface area (Å²) in [5, 5.41) is 77.1. The minimum absolute atomic E-state index is 0.0675. The number of ketones is 2. The van der Waals surface area contributed by atoms with E-state index in [2.05, 4.69) is 5.32 Å². The standard InChI is InChI=1S/C28H23NO12/c1-7-4-10-15(22(34)13(7)27(38)29-8(2)28(39)40)16-19(26(41-3)21(10)33)25(37)18-17(24(16)36)20(32)11-5-9(30)6-12(31)14(11)23(18)35/h4-6,8,21,26,30-31,33-34,36-37H,1-3H3,(H,29,38)(H,39,40)/t8-,21-,26-/m0/s1. The number of hydrogen-bond donors (Lipinski definition) is 8. The number of hydrogen-bond acceptors (Lipinski definition) is 11. The Kier molecular flexibility index (Phi) is 6.16. The lowest BCUT2D eigenvalue weighted by atomic mass is 9.73. The van der Waals surface area contributed by atoms with Crippen LogP contribution in [0.2, 0.25) is 0 Å². The van der Waals surface area contributed by atoms with Gasteiger partial charge in [-0.25, -0.2) is 0 Å². The van der Waals surface area contributed by atoms with Crippen LogP contribution in [0.5, 0.6) is 28.7 Å². The number of aliphatic carboxylic acids is 1. The molecule has 0 radical (unpaired) electrons. The first-order valence-electron chi connectivity index (χ1n) is 12.1. The van der Waals surface area contributed by atoms with E-state index >= 15 is 0 Å². The summed E-state index contributed by atoms with van der Waals surface area (Å²) >= 11 is 0. The topological polar surface area (TPSA) is 231 Å². The number of phenolic OH excluding ortho intramolecular Hbond substituents is 5. The molecule has 2 aliphatic rings. The molecule has 5 rings (SSSR count). The van der Waals surface area contributed by atoms with Crippen molar-refractivity contribution in [3.05, 3.63) is 62.7 Å². The Morgan fingerprint density at radius 3 is 2.12 bits per heavy atom. The van der Waals surface area contributed by atoms with Crippen molar-refractivity contribution >= 4 is 23.4 Å². The van der Waals surface area contributed by atoms with Crippen LogP contribution in [0.25, 0.3) is 11.1 Å². The lowest BCUT2D eigenvalue weighted by molar-refractivity contribution is -0.138. The molecule has 3 aromatic carbocycles. The number of carbonyl (C=O) groups is 4. The van der Waals surface area contributed by atoms with Crippen molar-refractivity contribution in [1.82, 2.24) is 5.32 Å². The highest BCUT2D eigenvalue weighted by Gasteiger charge is 2.46. The quantitative estimate of drug-likeness (QED) is 0.166. The van der Waals surface area contributed by atoms with Crippen molar-refractivity contribution in [1.29, 1.82) is 0 Å². The number of benzene rings is 3. The summed E-state index contributed by atoms with van der Waals surface area (Å²) in [6.45, 7) is 2.60. The zero-order valence-electron chi connectivity index (χ0n) is 21.6. The minimum atomic E-state index is -1.63. The van der Waals surface area contributed by atoms with Crippen LogP contribution < -0.4 is 5.32 Å². The Hall–Kier alpha value is -5.14. The molecule has 0 saturated heterocycles. The Morgan fingerprint density at radius 1 is 0.878 bits per heavy atom. The number of amides is 1. The van der Waals surface area contributed by atoms with E-state index in [-0.39, 0.29) is 16.7 Å². The number of aliphatic hydroxyl groups excluding tert-OH is 1. The summed E-state index contributed by atoms with van der Waals surface area (Å²) < 4.78 is 5.40. The molecular weight excluding hydrogens is 542 g/mol. The third kappa shape index (κ3) is 3.70. The fourth-order valence-corrected chi connectivity index (χ4v) is 5.51. The first-order chi connectivity index (χ1) is 19.2. The van der Waals surface area contributed by atoms with Crippen molar-refractivity contribution in [2.45, 2.75) is 32.1 Å². The molecule has 3 atom stereocenters. The van der Waals surface area contributed by atoms with Crippen LogP contribution in [0.3, 0.4) is 0 Å². The largest absolute Gasteiger partial charge is 0.508 e. The van der Waals surface area contributed by atoms with Crippen molar-refractivity contribution in [3.63, 3.8) is 0 Å². The van der Waals surface area contributed by atoms with Gasteiger partial charge in [-0.1, -0.05) is 6.07 Å². The van der Waals surface area contributed by atoms with Crippen LogP contribution in [0, 0.1) is 6.92 Å². The fraction of sp³-hybridized carbons (Fsp3) is 0.214. The van der Waals surface area contributed by atoms with Crippen molar-refractivity contribution in [2.75, 3.05) is 7.11 Å². The summed E-state index contributed by atoms with van der Waals surface area (Å²) in [5.41, 5.74) is -4.00. The van der Waals surface area contributed by atoms with E-state index in [0.29, 0.717) is 0 Å². The second kappa shape index (κ2) is 9.21. The van der Waals surface area contributed by atoms with Crippen LogP contribution in [-0.4, -0.2) is 72.3 Å². The third-order valence-corrected chi connectivity index (χ3v) is 7.38. The zero-order valence-corrected chi connectivity index (χ0v) is 21.6. The summed E-state index contributed by atoms with van der Waals surface area (Å²) in [6.07, 6.45) is -3.07. The van der Waals surface area contributed by atoms with Gasteiger partial charge in [0.15, 0.2) is 5.78 Å². The molecule has 0 heterocycles. The second-order valence-electron chi connectivity index (χ2n) is 9.80. The number of carboxylic acids is 1. The lowest BCUT2D eigenvalue weighted by Gasteiger charge is -2.35. The predicted molar refractivity (Wildman–Crippen MR) is 138 cm³/mol. The monoisotopic (exact) mass is 565 g/mol. The molecule has 8 N–H and O–H groups in total. The molecular formula is C28H23NO12. The molecule has 1 amide bonds. The molecule has 13 heteroatoms. The van der Waals surface area contributed by atoms with Gasteiger partial charge in [-0.3, -0.25) is 19.2 Å². The number of aliphatic hydroxyl groups is 1. The highest BCUT2D eigenvalue weighted by atomic mass is 16.5. The number of carboxylic acid groups (broad SMARTS) is 1. The Labute approximate surface area is 230 Å². The smallest absolute Gasteiger partial charge is 0.325 e. The molecule has 0 unspecified atom stereocenters. The highest BCUT2D eigenvalue weighted by Crippen LogP contribution is 2.59. The molecule has 0 fully saturated rings. The summed E-state index contributed by atoms with van der Waals surface area (Å²) in [5.74, 6) is -8.43. The number of aryl methyl sites for hydroxylation is 1. The van der Waals surface area contributed by atoms with Crippen LogP contribution in [-0.2, 0) is 9.53 Å². The number of rotatable bonds is 4. The maximum Gasteiger partial charge on any atom is 0.325 e. The average Bonchev–Trinajstić information content (AvgIpc) is 2.88. The second-order valence-corrected chi connectivity index (χ2v) is 9.80. The molecule has 0 aliphatic heterocycles. The predicted octanol–water partition coefficient (Wildman–Crippen LogP) is 1.90. The molecule has 2 aliphatic carbocycles. The number of phenols is 5. The third-order valence-electron chi connectivity index (χ3n) is 7.38.